The van der Waals surface area contributed by atoms with Crippen LogP contribution in [0.2, 0.25) is 0 Å². The minimum absolute atomic E-state index is 0. The van der Waals surface area contributed by atoms with E-state index in [0.29, 0.717) is 11.5 Å². The molecule has 0 radical (unpaired) electrons. The first-order valence-electron chi connectivity index (χ1n) is 16.7. The van der Waals surface area contributed by atoms with Crippen LogP contribution in [0.25, 0.3) is 33.3 Å². The van der Waals surface area contributed by atoms with Gasteiger partial charge in [-0.15, -0.1) is 29.7 Å². The van der Waals surface area contributed by atoms with Gasteiger partial charge in [-0.25, -0.2) is 4.98 Å². The molecule has 0 amide bonds. The van der Waals surface area contributed by atoms with E-state index in [-0.39, 0.29) is 48.3 Å². The van der Waals surface area contributed by atoms with E-state index in [9.17, 15) is 0 Å². The number of nitrogens with zero attached hydrogens (tertiary/aromatic N) is 4. The van der Waals surface area contributed by atoms with E-state index >= 15 is 0 Å². The summed E-state index contributed by atoms with van der Waals surface area (Å²) >= 11 is 0. The summed E-state index contributed by atoms with van der Waals surface area (Å²) in [6, 6.07) is 30.0. The van der Waals surface area contributed by atoms with E-state index in [1.165, 1.54) is 11.3 Å². The summed E-state index contributed by atoms with van der Waals surface area (Å²) in [6.45, 7) is 25.6. The predicted octanol–water partition coefficient (Wildman–Crippen LogP) is 9.82. The zero-order chi connectivity index (χ0) is 33.7. The molecule has 7 rings (SSSR count). The Morgan fingerprint density at radius 3 is 2.21 bits per heavy atom. The second-order valence-electron chi connectivity index (χ2n) is 16.3. The Morgan fingerprint density at radius 2 is 1.48 bits per heavy atom. The molecule has 0 saturated heterocycles. The number of pyridine rings is 1. The molecule has 6 heteroatoms. The molecule has 5 nitrogen and oxygen atoms in total. The molecule has 252 valence electrons. The van der Waals surface area contributed by atoms with Crippen LogP contribution in [-0.4, -0.2) is 14.1 Å². The Bertz CT molecular complexity index is 2130. The third kappa shape index (κ3) is 4.91. The van der Waals surface area contributed by atoms with Gasteiger partial charge in [-0.05, 0) is 59.2 Å². The van der Waals surface area contributed by atoms with Crippen LogP contribution in [0, 0.1) is 29.3 Å². The Labute approximate surface area is 300 Å². The van der Waals surface area contributed by atoms with Crippen molar-refractivity contribution in [1.29, 1.82) is 0 Å². The average Bonchev–Trinajstić information content (AvgIpc) is 3.61. The topological polar surface area (TPSA) is 35.9 Å². The minimum atomic E-state index is -0.148. The molecule has 0 atom stereocenters. The number of benzene rings is 3. The van der Waals surface area contributed by atoms with E-state index in [2.05, 4.69) is 163 Å². The summed E-state index contributed by atoms with van der Waals surface area (Å²) in [5, 5.41) is 2.26. The van der Waals surface area contributed by atoms with E-state index in [1.54, 1.807) is 0 Å². The smallest absolute Gasteiger partial charge is 0.242 e. The van der Waals surface area contributed by atoms with Gasteiger partial charge in [-0.1, -0.05) is 91.7 Å². The summed E-state index contributed by atoms with van der Waals surface area (Å²) in [7, 11) is 0. The fourth-order valence-corrected chi connectivity index (χ4v) is 7.44. The fraction of sp³-hybridized carbons (Fsp3) is 0.381. The van der Waals surface area contributed by atoms with Crippen LogP contribution in [-0.2, 0) is 37.4 Å². The van der Waals surface area contributed by atoms with Crippen molar-refractivity contribution < 1.29 is 30.4 Å². The number of ether oxygens (including phenoxy) is 1. The summed E-state index contributed by atoms with van der Waals surface area (Å²) in [5.74, 6) is 2.11. The van der Waals surface area contributed by atoms with Crippen molar-refractivity contribution in [1.82, 2.24) is 14.1 Å². The monoisotopic (exact) mass is 817 g/mol. The molecule has 3 aromatic carbocycles. The summed E-state index contributed by atoms with van der Waals surface area (Å²) in [5.41, 5.74) is 5.22. The molecule has 48 heavy (non-hydrogen) atoms. The van der Waals surface area contributed by atoms with Crippen LogP contribution >= 0.6 is 0 Å². The normalized spacial score (nSPS) is 17.6. The SMILES string of the molecule is CC(C)(C)c1ccnc(-n2c3[c-]c(Oc4[c-]c(-n5[c-][n+]6c(c5)C(C)(C)C(C)(C)C(C)(C)C6(C)C)ccc4)ccc3c3ccccc32)c1.[Pt]. The van der Waals surface area contributed by atoms with E-state index in [4.69, 9.17) is 9.72 Å². The quantitative estimate of drug-likeness (QED) is 0.131. The zero-order valence-corrected chi connectivity index (χ0v) is 32.3. The molecule has 1 aliphatic rings. The molecule has 3 aromatic heterocycles. The molecule has 0 aliphatic carbocycles. The molecule has 4 heterocycles. The summed E-state index contributed by atoms with van der Waals surface area (Å²) in [4.78, 5) is 4.81. The van der Waals surface area contributed by atoms with Crippen molar-refractivity contribution >= 4 is 21.8 Å². The van der Waals surface area contributed by atoms with E-state index < -0.39 is 0 Å². The van der Waals surface area contributed by atoms with Gasteiger partial charge >= 0.3 is 0 Å². The van der Waals surface area contributed by atoms with Crippen molar-refractivity contribution in [2.24, 2.45) is 10.8 Å². The van der Waals surface area contributed by atoms with Crippen molar-refractivity contribution in [3.05, 3.63) is 109 Å². The second kappa shape index (κ2) is 11.2. The van der Waals surface area contributed by atoms with Gasteiger partial charge in [0, 0.05) is 61.6 Å². The molecule has 0 N–H and O–H groups in total. The van der Waals surface area contributed by atoms with Gasteiger partial charge in [0.2, 0.25) is 6.33 Å². The van der Waals surface area contributed by atoms with Crippen molar-refractivity contribution in [2.75, 3.05) is 0 Å². The number of para-hydroxylation sites is 1. The molecule has 0 fully saturated rings. The maximum absolute atomic E-state index is 6.48. The second-order valence-corrected chi connectivity index (χ2v) is 16.3. The van der Waals surface area contributed by atoms with Gasteiger partial charge in [-0.2, -0.15) is 18.2 Å². The maximum Gasteiger partial charge on any atom is 0.242 e. The summed E-state index contributed by atoms with van der Waals surface area (Å²) in [6.07, 6.45) is 7.81. The first kappa shape index (κ1) is 34.2. The van der Waals surface area contributed by atoms with Gasteiger partial charge in [0.25, 0.3) is 0 Å². The molecule has 1 aliphatic heterocycles. The summed E-state index contributed by atoms with van der Waals surface area (Å²) < 4.78 is 13.1. The van der Waals surface area contributed by atoms with Gasteiger partial charge in [-0.3, -0.25) is 0 Å². The van der Waals surface area contributed by atoms with E-state index in [1.807, 2.05) is 24.4 Å². The molecule has 0 unspecified atom stereocenters. The first-order chi connectivity index (χ1) is 21.9. The maximum atomic E-state index is 6.48. The number of hydrogen-bond donors (Lipinski definition) is 0. The largest absolute Gasteiger partial charge is 0.510 e. The third-order valence-corrected chi connectivity index (χ3v) is 12.2. The molecule has 0 spiro atoms. The van der Waals surface area contributed by atoms with Gasteiger partial charge in [0.05, 0.1) is 5.54 Å². The van der Waals surface area contributed by atoms with Crippen LogP contribution in [0.3, 0.4) is 0 Å². The Kier molecular flexibility index (Phi) is 7.95. The van der Waals surface area contributed by atoms with Crippen LogP contribution in [0.15, 0.2) is 79.1 Å². The van der Waals surface area contributed by atoms with Crippen LogP contribution in [0.1, 0.15) is 87.4 Å². The molecule has 0 saturated carbocycles. The van der Waals surface area contributed by atoms with Crippen LogP contribution < -0.4 is 9.30 Å². The van der Waals surface area contributed by atoms with Crippen LogP contribution in [0.4, 0.5) is 0 Å². The van der Waals surface area contributed by atoms with E-state index in [0.717, 1.165) is 33.3 Å². The van der Waals surface area contributed by atoms with Gasteiger partial charge in [0.1, 0.15) is 5.82 Å². The van der Waals surface area contributed by atoms with Crippen molar-refractivity contribution in [2.45, 2.75) is 92.5 Å². The van der Waals surface area contributed by atoms with Crippen LogP contribution in [0.5, 0.6) is 11.5 Å². The third-order valence-electron chi connectivity index (χ3n) is 12.2. The standard InChI is InChI=1S/C42H46N4O.Pt/c1-38(2,3)28-21-22-43-37(23-28)46-34-18-13-12-17-32(34)33-20-19-31(25-35(33)46)47-30-16-14-15-29(24-30)44-26-36-39(4,5)40(6,7)41(8,9)42(10,11)45(36)27-44;/h12-23,26H,1-11H3;/q-2;. The Morgan fingerprint density at radius 1 is 0.771 bits per heavy atom. The first-order valence-corrected chi connectivity index (χ1v) is 16.7. The predicted molar refractivity (Wildman–Crippen MR) is 190 cm³/mol. The number of imidazole rings is 1. The average molecular weight is 818 g/mol. The molecular formula is C42H46N4OPt-2. The minimum Gasteiger partial charge on any atom is -0.510 e. The molecule has 0 bridgehead atoms. The van der Waals surface area contributed by atoms with Crippen molar-refractivity contribution in [3.8, 4) is 23.0 Å². The Hall–Kier alpha value is -3.69. The Balaban J connectivity index is 0.00000401. The fourth-order valence-electron chi connectivity index (χ4n) is 7.44. The molecular weight excluding hydrogens is 772 g/mol. The number of rotatable bonds is 4. The van der Waals surface area contributed by atoms with Gasteiger partial charge < -0.3 is 18.4 Å². The number of hydrogen-bond acceptors (Lipinski definition) is 2. The van der Waals surface area contributed by atoms with Gasteiger partial charge in [0.15, 0.2) is 0 Å². The van der Waals surface area contributed by atoms with Crippen molar-refractivity contribution in [3.63, 3.8) is 0 Å². The number of fused-ring (bicyclic) bond motifs is 4. The molecule has 6 aromatic rings. The number of aromatic nitrogens is 4. The zero-order valence-electron chi connectivity index (χ0n) is 30.0.